The van der Waals surface area contributed by atoms with Gasteiger partial charge < -0.3 is 9.47 Å². The minimum absolute atomic E-state index is 0.456. The lowest BCUT2D eigenvalue weighted by Gasteiger charge is -2.47. The summed E-state index contributed by atoms with van der Waals surface area (Å²) >= 11 is 0. The molecule has 2 saturated heterocycles. The van der Waals surface area contributed by atoms with Crippen molar-refractivity contribution in [2.75, 3.05) is 19.8 Å². The standard InChI is InChI=1S/C15H28O2/c1-4-15(3)11-17-14(15)9-12(2)8-13-6-5-7-16-10-13/h12-14H,4-11H2,1-3H3. The fraction of sp³-hybridized carbons (Fsp3) is 1.00. The minimum Gasteiger partial charge on any atom is -0.381 e. The summed E-state index contributed by atoms with van der Waals surface area (Å²) in [6.07, 6.45) is 6.93. The molecule has 2 rings (SSSR count). The molecule has 2 heterocycles. The first kappa shape index (κ1) is 13.4. The zero-order chi connectivity index (χ0) is 12.3. The van der Waals surface area contributed by atoms with E-state index >= 15 is 0 Å². The van der Waals surface area contributed by atoms with Crippen molar-refractivity contribution < 1.29 is 9.47 Å². The van der Waals surface area contributed by atoms with Gasteiger partial charge in [0.1, 0.15) is 0 Å². The predicted molar refractivity (Wildman–Crippen MR) is 70.1 cm³/mol. The zero-order valence-corrected chi connectivity index (χ0v) is 11.7. The molecule has 0 radical (unpaired) electrons. The van der Waals surface area contributed by atoms with Crippen LogP contribution in [0.3, 0.4) is 0 Å². The quantitative estimate of drug-likeness (QED) is 0.730. The lowest BCUT2D eigenvalue weighted by molar-refractivity contribution is -0.187. The van der Waals surface area contributed by atoms with Crippen molar-refractivity contribution >= 4 is 0 Å². The summed E-state index contributed by atoms with van der Waals surface area (Å²) in [5.74, 6) is 1.57. The summed E-state index contributed by atoms with van der Waals surface area (Å²) in [6.45, 7) is 9.97. The summed E-state index contributed by atoms with van der Waals surface area (Å²) in [4.78, 5) is 0. The maximum Gasteiger partial charge on any atom is 0.0653 e. The van der Waals surface area contributed by atoms with Gasteiger partial charge in [-0.3, -0.25) is 0 Å². The Labute approximate surface area is 106 Å². The molecule has 2 fully saturated rings. The van der Waals surface area contributed by atoms with Gasteiger partial charge in [-0.15, -0.1) is 0 Å². The summed E-state index contributed by atoms with van der Waals surface area (Å²) in [5.41, 5.74) is 0.456. The molecular formula is C15H28O2. The van der Waals surface area contributed by atoms with Gasteiger partial charge in [0.25, 0.3) is 0 Å². The van der Waals surface area contributed by atoms with Crippen molar-refractivity contribution in [3.63, 3.8) is 0 Å². The first-order valence-corrected chi connectivity index (χ1v) is 7.33. The van der Waals surface area contributed by atoms with Crippen LogP contribution >= 0.6 is 0 Å². The highest BCUT2D eigenvalue weighted by Crippen LogP contribution is 2.41. The molecule has 2 heteroatoms. The van der Waals surface area contributed by atoms with Crippen LogP contribution in [-0.4, -0.2) is 25.9 Å². The van der Waals surface area contributed by atoms with Crippen molar-refractivity contribution in [1.82, 2.24) is 0 Å². The molecule has 0 saturated carbocycles. The molecule has 17 heavy (non-hydrogen) atoms. The molecule has 2 aliphatic heterocycles. The van der Waals surface area contributed by atoms with E-state index in [1.807, 2.05) is 0 Å². The van der Waals surface area contributed by atoms with Crippen molar-refractivity contribution in [3.05, 3.63) is 0 Å². The average molecular weight is 240 g/mol. The van der Waals surface area contributed by atoms with Crippen LogP contribution in [0.15, 0.2) is 0 Å². The monoisotopic (exact) mass is 240 g/mol. The van der Waals surface area contributed by atoms with Gasteiger partial charge in [-0.25, -0.2) is 0 Å². The van der Waals surface area contributed by atoms with E-state index in [0.717, 1.165) is 31.7 Å². The third-order valence-corrected chi connectivity index (χ3v) is 4.81. The third-order valence-electron chi connectivity index (χ3n) is 4.81. The maximum absolute atomic E-state index is 5.77. The van der Waals surface area contributed by atoms with E-state index in [1.165, 1.54) is 32.1 Å². The number of rotatable bonds is 5. The van der Waals surface area contributed by atoms with Gasteiger partial charge in [0, 0.05) is 18.6 Å². The molecule has 0 aromatic rings. The van der Waals surface area contributed by atoms with Gasteiger partial charge >= 0.3 is 0 Å². The molecule has 0 aliphatic carbocycles. The Morgan fingerprint density at radius 1 is 1.35 bits per heavy atom. The maximum atomic E-state index is 5.77. The largest absolute Gasteiger partial charge is 0.381 e. The third kappa shape index (κ3) is 3.23. The van der Waals surface area contributed by atoms with Crippen LogP contribution in [0.25, 0.3) is 0 Å². The number of ether oxygens (including phenoxy) is 2. The summed E-state index contributed by atoms with van der Waals surface area (Å²) < 4.78 is 11.3. The van der Waals surface area contributed by atoms with Crippen LogP contribution in [0.4, 0.5) is 0 Å². The summed E-state index contributed by atoms with van der Waals surface area (Å²) in [6, 6.07) is 0. The predicted octanol–water partition coefficient (Wildman–Crippen LogP) is 3.64. The second-order valence-electron chi connectivity index (χ2n) is 6.47. The Kier molecular flexibility index (Phi) is 4.48. The van der Waals surface area contributed by atoms with Gasteiger partial charge in [0.2, 0.25) is 0 Å². The van der Waals surface area contributed by atoms with E-state index in [2.05, 4.69) is 20.8 Å². The first-order valence-electron chi connectivity index (χ1n) is 7.33. The zero-order valence-electron chi connectivity index (χ0n) is 11.7. The summed E-state index contributed by atoms with van der Waals surface area (Å²) in [7, 11) is 0. The minimum atomic E-state index is 0.456. The molecule has 2 nitrogen and oxygen atoms in total. The van der Waals surface area contributed by atoms with Crippen LogP contribution in [0.2, 0.25) is 0 Å². The second-order valence-corrected chi connectivity index (χ2v) is 6.47. The van der Waals surface area contributed by atoms with E-state index in [4.69, 9.17) is 9.47 Å². The summed E-state index contributed by atoms with van der Waals surface area (Å²) in [5, 5.41) is 0. The van der Waals surface area contributed by atoms with Crippen LogP contribution < -0.4 is 0 Å². The molecule has 0 aromatic carbocycles. The fourth-order valence-electron chi connectivity index (χ4n) is 3.19. The molecule has 4 atom stereocenters. The van der Waals surface area contributed by atoms with Crippen LogP contribution in [-0.2, 0) is 9.47 Å². The normalized spacial score (nSPS) is 39.7. The Hall–Kier alpha value is -0.0800. The van der Waals surface area contributed by atoms with Gasteiger partial charge in [-0.05, 0) is 43.9 Å². The Morgan fingerprint density at radius 2 is 2.18 bits per heavy atom. The van der Waals surface area contributed by atoms with Crippen LogP contribution in [0, 0.1) is 17.3 Å². The van der Waals surface area contributed by atoms with Crippen molar-refractivity contribution in [2.45, 2.75) is 59.0 Å². The van der Waals surface area contributed by atoms with E-state index in [1.54, 1.807) is 0 Å². The highest BCUT2D eigenvalue weighted by atomic mass is 16.5. The molecule has 0 spiro atoms. The molecule has 0 aromatic heterocycles. The van der Waals surface area contributed by atoms with Crippen LogP contribution in [0.1, 0.15) is 52.9 Å². The van der Waals surface area contributed by atoms with Crippen molar-refractivity contribution in [3.8, 4) is 0 Å². The van der Waals surface area contributed by atoms with Gasteiger partial charge in [-0.1, -0.05) is 20.8 Å². The van der Waals surface area contributed by atoms with Crippen LogP contribution in [0.5, 0.6) is 0 Å². The second kappa shape index (κ2) is 5.71. The molecule has 4 unspecified atom stereocenters. The molecular weight excluding hydrogens is 212 g/mol. The van der Waals surface area contributed by atoms with Gasteiger partial charge in [0.05, 0.1) is 12.7 Å². The number of hydrogen-bond donors (Lipinski definition) is 0. The first-order chi connectivity index (χ1) is 8.14. The fourth-order valence-corrected chi connectivity index (χ4v) is 3.19. The highest BCUT2D eigenvalue weighted by Gasteiger charge is 2.43. The van der Waals surface area contributed by atoms with E-state index in [0.29, 0.717) is 11.5 Å². The van der Waals surface area contributed by atoms with Crippen molar-refractivity contribution in [2.24, 2.45) is 17.3 Å². The number of hydrogen-bond acceptors (Lipinski definition) is 2. The Bertz CT molecular complexity index is 231. The smallest absolute Gasteiger partial charge is 0.0653 e. The van der Waals surface area contributed by atoms with Crippen molar-refractivity contribution in [1.29, 1.82) is 0 Å². The lowest BCUT2D eigenvalue weighted by Crippen LogP contribution is -2.50. The molecule has 0 bridgehead atoms. The topological polar surface area (TPSA) is 18.5 Å². The molecule has 2 aliphatic rings. The van der Waals surface area contributed by atoms with Gasteiger partial charge in [0.15, 0.2) is 0 Å². The highest BCUT2D eigenvalue weighted by molar-refractivity contribution is 4.91. The SMILES string of the molecule is CCC1(C)COC1CC(C)CC1CCCOC1. The van der Waals surface area contributed by atoms with E-state index in [9.17, 15) is 0 Å². The van der Waals surface area contributed by atoms with Gasteiger partial charge in [-0.2, -0.15) is 0 Å². The molecule has 100 valence electrons. The Balaban J connectivity index is 1.71. The molecule has 0 amide bonds. The lowest BCUT2D eigenvalue weighted by atomic mass is 9.73. The van der Waals surface area contributed by atoms with E-state index in [-0.39, 0.29) is 0 Å². The molecule has 0 N–H and O–H groups in total. The Morgan fingerprint density at radius 3 is 2.71 bits per heavy atom. The van der Waals surface area contributed by atoms with E-state index < -0.39 is 0 Å². The average Bonchev–Trinajstić information content (AvgIpc) is 2.35.